The van der Waals surface area contributed by atoms with Crippen LogP contribution < -0.4 is 5.32 Å². The summed E-state index contributed by atoms with van der Waals surface area (Å²) in [6, 6.07) is 4.56. The zero-order valence-corrected chi connectivity index (χ0v) is 18.7. The van der Waals surface area contributed by atoms with Crippen LogP contribution in [0.3, 0.4) is 0 Å². The van der Waals surface area contributed by atoms with Crippen molar-refractivity contribution >= 4 is 48.0 Å². The van der Waals surface area contributed by atoms with E-state index >= 15 is 0 Å². The number of fused-ring (bicyclic) bond motifs is 1. The van der Waals surface area contributed by atoms with Crippen molar-refractivity contribution < 1.29 is 38.9 Å². The number of benzene rings is 1. The third-order valence-corrected chi connectivity index (χ3v) is 6.59. The Morgan fingerprint density at radius 2 is 1.77 bits per heavy atom. The first kappa shape index (κ1) is 24.9. The number of hydrogen-bond acceptors (Lipinski definition) is 5. The Labute approximate surface area is 182 Å². The molecule has 1 amide bonds. The van der Waals surface area contributed by atoms with Crippen LogP contribution in [-0.4, -0.2) is 60.4 Å². The number of amides is 1. The van der Waals surface area contributed by atoms with Crippen LogP contribution in [0, 0.1) is 5.92 Å². The average molecular weight is 472 g/mol. The first-order valence-corrected chi connectivity index (χ1v) is 12.2. The molecule has 1 heterocycles. The molecule has 2 aromatic rings. The van der Waals surface area contributed by atoms with Crippen molar-refractivity contribution in [2.24, 2.45) is 5.92 Å². The maximum atomic E-state index is 11.9. The van der Waals surface area contributed by atoms with E-state index in [1.54, 1.807) is 44.3 Å². The maximum Gasteiger partial charge on any atom is 0.327 e. The van der Waals surface area contributed by atoms with E-state index in [1.165, 1.54) is 4.57 Å². The summed E-state index contributed by atoms with van der Waals surface area (Å²) in [6.45, 7) is 3.27. The SMILES string of the molecule is CC(C)C(=O)N[C@@H](CSc1c2ccccc2cn1C(CCP(=O)(O)O)C(=O)O)C(=O)O. The summed E-state index contributed by atoms with van der Waals surface area (Å²) in [5, 5.41) is 23.4. The van der Waals surface area contributed by atoms with E-state index in [0.29, 0.717) is 15.8 Å². The Kier molecular flexibility index (Phi) is 8.30. The van der Waals surface area contributed by atoms with Gasteiger partial charge in [0.15, 0.2) is 0 Å². The van der Waals surface area contributed by atoms with Crippen molar-refractivity contribution in [1.82, 2.24) is 9.88 Å². The van der Waals surface area contributed by atoms with Gasteiger partial charge in [0.25, 0.3) is 0 Å². The van der Waals surface area contributed by atoms with Crippen LogP contribution in [0.1, 0.15) is 26.3 Å². The molecular weight excluding hydrogens is 447 g/mol. The molecule has 31 heavy (non-hydrogen) atoms. The number of rotatable bonds is 11. The van der Waals surface area contributed by atoms with Crippen LogP contribution >= 0.6 is 19.4 Å². The van der Waals surface area contributed by atoms with E-state index in [1.807, 2.05) is 0 Å². The topological polar surface area (TPSA) is 166 Å². The number of nitrogens with one attached hydrogen (secondary N) is 1. The molecule has 0 bridgehead atoms. The fourth-order valence-electron chi connectivity index (χ4n) is 2.88. The van der Waals surface area contributed by atoms with Crippen LogP contribution in [-0.2, 0) is 18.9 Å². The fourth-order valence-corrected chi connectivity index (χ4v) is 4.68. The van der Waals surface area contributed by atoms with E-state index in [0.717, 1.165) is 11.8 Å². The van der Waals surface area contributed by atoms with Crippen LogP contribution in [0.15, 0.2) is 35.5 Å². The lowest BCUT2D eigenvalue weighted by molar-refractivity contribution is -0.142. The standard InChI is InChI=1S/C19H25N2O8PS/c1-11(2)16(22)20-14(18(23)24)10-31-17-13-6-4-3-5-12(13)9-21(17)15(19(25)26)7-8-30(27,28)29/h3-6,9,11,14-15H,7-8,10H2,1-2H3,(H,20,22)(H,23,24)(H,25,26)(H2,27,28,29)/t14-,15?/m0/s1. The molecule has 1 unspecified atom stereocenters. The third-order valence-electron chi connectivity index (χ3n) is 4.54. The van der Waals surface area contributed by atoms with Crippen molar-refractivity contribution in [2.75, 3.05) is 11.9 Å². The second kappa shape index (κ2) is 10.3. The smallest absolute Gasteiger partial charge is 0.327 e. The predicted octanol–water partition coefficient (Wildman–Crippen LogP) is 2.15. The van der Waals surface area contributed by atoms with Crippen molar-refractivity contribution in [1.29, 1.82) is 0 Å². The molecule has 170 valence electrons. The van der Waals surface area contributed by atoms with Gasteiger partial charge in [-0.05, 0) is 6.42 Å². The highest BCUT2D eigenvalue weighted by Gasteiger charge is 2.28. The van der Waals surface area contributed by atoms with Gasteiger partial charge in [0, 0.05) is 28.6 Å². The highest BCUT2D eigenvalue weighted by atomic mass is 32.2. The van der Waals surface area contributed by atoms with Gasteiger partial charge in [0.05, 0.1) is 11.2 Å². The summed E-state index contributed by atoms with van der Waals surface area (Å²) in [6.07, 6.45) is 0.657. The van der Waals surface area contributed by atoms with Gasteiger partial charge in [-0.25, -0.2) is 9.59 Å². The lowest BCUT2D eigenvalue weighted by Crippen LogP contribution is -2.44. The van der Waals surface area contributed by atoms with Gasteiger partial charge in [0.2, 0.25) is 5.91 Å². The van der Waals surface area contributed by atoms with Crippen LogP contribution in [0.25, 0.3) is 10.8 Å². The van der Waals surface area contributed by atoms with Crippen LogP contribution in [0.5, 0.6) is 0 Å². The Bertz CT molecular complexity index is 1020. The molecule has 0 radical (unpaired) electrons. The second-order valence-electron chi connectivity index (χ2n) is 7.32. The van der Waals surface area contributed by atoms with E-state index in [9.17, 15) is 29.2 Å². The quantitative estimate of drug-likeness (QED) is 0.243. The highest BCUT2D eigenvalue weighted by Crippen LogP contribution is 2.39. The molecule has 10 nitrogen and oxygen atoms in total. The number of thioether (sulfide) groups is 1. The normalized spacial score (nSPS) is 13.8. The molecule has 0 fully saturated rings. The number of carboxylic acid groups (broad SMARTS) is 2. The first-order chi connectivity index (χ1) is 14.4. The number of hydrogen-bond donors (Lipinski definition) is 5. The molecule has 0 spiro atoms. The fraction of sp³-hybridized carbons (Fsp3) is 0.421. The molecule has 1 aromatic carbocycles. The number of aliphatic carboxylic acids is 2. The summed E-state index contributed by atoms with van der Waals surface area (Å²) in [5.74, 6) is -3.37. The zero-order valence-electron chi connectivity index (χ0n) is 17.0. The molecule has 0 saturated carbocycles. The molecule has 2 rings (SSSR count). The number of carbonyl (C=O) groups excluding carboxylic acids is 1. The Hall–Kier alpha value is -2.33. The van der Waals surface area contributed by atoms with Gasteiger partial charge >= 0.3 is 19.5 Å². The summed E-state index contributed by atoms with van der Waals surface area (Å²) >= 11 is 1.06. The van der Waals surface area contributed by atoms with Gasteiger partial charge in [-0.3, -0.25) is 9.36 Å². The van der Waals surface area contributed by atoms with Crippen LogP contribution in [0.4, 0.5) is 0 Å². The Morgan fingerprint density at radius 1 is 1.13 bits per heavy atom. The van der Waals surface area contributed by atoms with Gasteiger partial charge in [-0.2, -0.15) is 0 Å². The summed E-state index contributed by atoms with van der Waals surface area (Å²) in [4.78, 5) is 53.8. The molecule has 0 aliphatic rings. The van der Waals surface area contributed by atoms with E-state index in [4.69, 9.17) is 9.79 Å². The largest absolute Gasteiger partial charge is 0.480 e. The first-order valence-electron chi connectivity index (χ1n) is 9.43. The zero-order chi connectivity index (χ0) is 23.3. The number of carbonyl (C=O) groups is 3. The second-order valence-corrected chi connectivity index (χ2v) is 10.1. The van der Waals surface area contributed by atoms with Gasteiger partial charge in [-0.1, -0.05) is 38.1 Å². The molecule has 0 saturated heterocycles. The lowest BCUT2D eigenvalue weighted by atomic mass is 10.2. The third kappa shape index (κ3) is 6.83. The molecule has 0 aliphatic carbocycles. The molecular formula is C19H25N2O8PS. The van der Waals surface area contributed by atoms with E-state index < -0.39 is 49.6 Å². The van der Waals surface area contributed by atoms with Crippen molar-refractivity contribution in [2.45, 2.75) is 37.4 Å². The minimum atomic E-state index is -4.41. The lowest BCUT2D eigenvalue weighted by Gasteiger charge is -2.20. The molecule has 12 heteroatoms. The Balaban J connectivity index is 2.39. The molecule has 1 aromatic heterocycles. The monoisotopic (exact) mass is 472 g/mol. The van der Waals surface area contributed by atoms with E-state index in [-0.39, 0.29) is 12.2 Å². The minimum Gasteiger partial charge on any atom is -0.480 e. The van der Waals surface area contributed by atoms with Crippen molar-refractivity contribution in [3.8, 4) is 0 Å². The van der Waals surface area contributed by atoms with Gasteiger partial charge < -0.3 is 29.9 Å². The minimum absolute atomic E-state index is 0.0629. The number of carboxylic acids is 2. The Morgan fingerprint density at radius 3 is 2.32 bits per heavy atom. The van der Waals surface area contributed by atoms with E-state index in [2.05, 4.69) is 5.32 Å². The molecule has 0 aliphatic heterocycles. The molecule has 5 N–H and O–H groups in total. The summed E-state index contributed by atoms with van der Waals surface area (Å²) in [5.41, 5.74) is 0. The van der Waals surface area contributed by atoms with Gasteiger partial charge in [0.1, 0.15) is 12.1 Å². The predicted molar refractivity (Wildman–Crippen MR) is 115 cm³/mol. The molecule has 2 atom stereocenters. The average Bonchev–Trinajstić information content (AvgIpc) is 3.01. The maximum absolute atomic E-state index is 11.9. The summed E-state index contributed by atoms with van der Waals surface area (Å²) in [7, 11) is -4.41. The van der Waals surface area contributed by atoms with Crippen LogP contribution in [0.2, 0.25) is 0 Å². The van der Waals surface area contributed by atoms with Crippen molar-refractivity contribution in [3.05, 3.63) is 30.5 Å². The highest BCUT2D eigenvalue weighted by molar-refractivity contribution is 7.99. The van der Waals surface area contributed by atoms with Crippen molar-refractivity contribution in [3.63, 3.8) is 0 Å². The summed E-state index contributed by atoms with van der Waals surface area (Å²) < 4.78 is 12.7. The number of aromatic nitrogens is 1. The van der Waals surface area contributed by atoms with Gasteiger partial charge in [-0.15, -0.1) is 11.8 Å². The number of nitrogens with zero attached hydrogens (tertiary/aromatic N) is 1.